The quantitative estimate of drug-likeness (QED) is 0.648. The summed E-state index contributed by atoms with van der Waals surface area (Å²) in [6.45, 7) is 2.35. The van der Waals surface area contributed by atoms with Gasteiger partial charge in [-0.3, -0.25) is 4.79 Å². The first kappa shape index (κ1) is 16.1. The molecule has 0 radical (unpaired) electrons. The Balaban J connectivity index is 1.58. The van der Waals surface area contributed by atoms with Crippen molar-refractivity contribution in [2.45, 2.75) is 66.7 Å². The number of hydrogen-bond donors (Lipinski definition) is 1. The summed E-state index contributed by atoms with van der Waals surface area (Å²) >= 11 is 1.70. The molecule has 3 aliphatic heterocycles. The van der Waals surface area contributed by atoms with Gasteiger partial charge in [-0.15, -0.1) is 0 Å². The summed E-state index contributed by atoms with van der Waals surface area (Å²) in [5, 5.41) is 3.64. The van der Waals surface area contributed by atoms with Crippen molar-refractivity contribution in [3.05, 3.63) is 53.6 Å². The van der Waals surface area contributed by atoms with E-state index in [0.29, 0.717) is 5.92 Å². The first-order chi connectivity index (χ1) is 13.1. The minimum atomic E-state index is -0.691. The van der Waals surface area contributed by atoms with Crippen LogP contribution in [0.2, 0.25) is 0 Å². The molecule has 3 heterocycles. The Morgan fingerprint density at radius 1 is 1.07 bits per heavy atom. The highest BCUT2D eigenvalue weighted by molar-refractivity contribution is 8.01. The van der Waals surface area contributed by atoms with Crippen molar-refractivity contribution in [2.75, 3.05) is 10.2 Å². The number of thioether (sulfide) groups is 1. The average molecular weight is 377 g/mol. The van der Waals surface area contributed by atoms with Gasteiger partial charge in [-0.2, -0.15) is 0 Å². The Kier molecular flexibility index (Phi) is 3.16. The van der Waals surface area contributed by atoms with Gasteiger partial charge in [0.25, 0.3) is 5.91 Å². The Hall–Kier alpha value is -1.94. The number of hydrogen-bond acceptors (Lipinski definition) is 3. The van der Waals surface area contributed by atoms with Gasteiger partial charge in [-0.05, 0) is 42.9 Å². The van der Waals surface area contributed by atoms with Crippen LogP contribution >= 0.6 is 11.8 Å². The van der Waals surface area contributed by atoms with E-state index in [1.165, 1.54) is 41.0 Å². The van der Waals surface area contributed by atoms with E-state index in [1.807, 2.05) is 6.07 Å². The first-order valence-electron chi connectivity index (χ1n) is 10.2. The molecule has 1 N–H and O–H groups in total. The van der Waals surface area contributed by atoms with Gasteiger partial charge in [0.2, 0.25) is 0 Å². The lowest BCUT2D eigenvalue weighted by atomic mass is 9.70. The van der Waals surface area contributed by atoms with E-state index >= 15 is 0 Å². The number of amides is 1. The van der Waals surface area contributed by atoms with E-state index in [2.05, 4.69) is 53.5 Å². The molecule has 1 aliphatic carbocycles. The van der Waals surface area contributed by atoms with Crippen LogP contribution in [0.25, 0.3) is 0 Å². The van der Waals surface area contributed by atoms with Gasteiger partial charge in [0.1, 0.15) is 0 Å². The lowest BCUT2D eigenvalue weighted by Crippen LogP contribution is -2.57. The maximum Gasteiger partial charge on any atom is 0.268 e. The number of para-hydroxylation sites is 2. The molecular weight excluding hydrogens is 352 g/mol. The molecule has 0 unspecified atom stereocenters. The summed E-state index contributed by atoms with van der Waals surface area (Å²) in [5.41, 5.74) is 4.84. The van der Waals surface area contributed by atoms with Gasteiger partial charge in [-0.1, -0.05) is 68.3 Å². The van der Waals surface area contributed by atoms with Gasteiger partial charge in [-0.25, -0.2) is 0 Å². The topological polar surface area (TPSA) is 32.3 Å². The highest BCUT2D eigenvalue weighted by atomic mass is 32.2. The molecule has 27 heavy (non-hydrogen) atoms. The molecule has 2 aromatic rings. The molecule has 0 bridgehead atoms. The first-order valence-corrected chi connectivity index (χ1v) is 11.0. The highest BCUT2D eigenvalue weighted by Gasteiger charge is 2.62. The zero-order chi connectivity index (χ0) is 18.2. The Bertz CT molecular complexity index is 938. The number of carbonyl (C=O) groups is 1. The molecule has 2 spiro atoms. The number of benzene rings is 2. The number of rotatable bonds is 0. The van der Waals surface area contributed by atoms with Crippen molar-refractivity contribution in [2.24, 2.45) is 0 Å². The molecule has 0 aromatic heterocycles. The predicted octanol–water partition coefficient (Wildman–Crippen LogP) is 5.61. The fourth-order valence-corrected chi connectivity index (χ4v) is 7.31. The minimum Gasteiger partial charge on any atom is -0.358 e. The average Bonchev–Trinajstić information content (AvgIpc) is 3.19. The van der Waals surface area contributed by atoms with E-state index in [1.54, 1.807) is 11.8 Å². The molecule has 6 rings (SSSR count). The van der Waals surface area contributed by atoms with Crippen molar-refractivity contribution < 1.29 is 4.79 Å². The fraction of sp³-hybridized carbons (Fsp3) is 0.435. The van der Waals surface area contributed by atoms with E-state index in [9.17, 15) is 4.79 Å². The lowest BCUT2D eigenvalue weighted by molar-refractivity contribution is -0.121. The third-order valence-electron chi connectivity index (χ3n) is 7.11. The van der Waals surface area contributed by atoms with Gasteiger partial charge in [0, 0.05) is 21.7 Å². The maximum atomic E-state index is 14.1. The highest BCUT2D eigenvalue weighted by Crippen LogP contribution is 2.63. The summed E-state index contributed by atoms with van der Waals surface area (Å²) in [4.78, 5) is 16.8. The van der Waals surface area contributed by atoms with Crippen molar-refractivity contribution in [3.63, 3.8) is 0 Å². The monoisotopic (exact) mass is 376 g/mol. The summed E-state index contributed by atoms with van der Waals surface area (Å²) < 4.78 is 0. The molecular formula is C23H24N2OS. The van der Waals surface area contributed by atoms with Gasteiger partial charge in [0.05, 0.1) is 5.69 Å². The molecule has 138 valence electrons. The Morgan fingerprint density at radius 2 is 1.89 bits per heavy atom. The lowest BCUT2D eigenvalue weighted by Gasteiger charge is -2.50. The number of nitrogens with one attached hydrogen (secondary N) is 1. The zero-order valence-electron chi connectivity index (χ0n) is 15.6. The van der Waals surface area contributed by atoms with Crippen LogP contribution in [0.15, 0.2) is 47.4 Å². The van der Waals surface area contributed by atoms with Crippen molar-refractivity contribution in [1.29, 1.82) is 0 Å². The maximum absolute atomic E-state index is 14.1. The van der Waals surface area contributed by atoms with Crippen molar-refractivity contribution in [3.8, 4) is 0 Å². The Morgan fingerprint density at radius 3 is 2.70 bits per heavy atom. The third-order valence-corrected chi connectivity index (χ3v) is 8.49. The standard InChI is InChI=1S/C23H24N2OS/c1-15-14-22(12-5-2-6-13-22)25-20-16(15)8-7-9-17(20)23(21(25)26)24-18-10-3-4-11-19(18)27-23/h3-4,7-11,15,24H,2,5-6,12-14H2,1H3/t15-,23-/m0/s1. The summed E-state index contributed by atoms with van der Waals surface area (Å²) in [6, 6.07) is 14.9. The summed E-state index contributed by atoms with van der Waals surface area (Å²) in [7, 11) is 0. The predicted molar refractivity (Wildman–Crippen MR) is 110 cm³/mol. The molecule has 2 aromatic carbocycles. The van der Waals surface area contributed by atoms with Crippen LogP contribution in [0.5, 0.6) is 0 Å². The summed E-state index contributed by atoms with van der Waals surface area (Å²) in [5.74, 6) is 0.756. The molecule has 1 saturated carbocycles. The number of nitrogens with zero attached hydrogens (tertiary/aromatic N) is 1. The minimum absolute atomic E-state index is 0.0123. The second-order valence-corrected chi connectivity index (χ2v) is 9.93. The van der Waals surface area contributed by atoms with E-state index in [0.717, 1.165) is 24.9 Å². The molecule has 3 nitrogen and oxygen atoms in total. The Labute approximate surface area is 164 Å². The number of carbonyl (C=O) groups excluding carboxylic acids is 1. The van der Waals surface area contributed by atoms with Crippen molar-refractivity contribution in [1.82, 2.24) is 0 Å². The normalized spacial score (nSPS) is 29.7. The van der Waals surface area contributed by atoms with Crippen LogP contribution in [-0.2, 0) is 9.67 Å². The van der Waals surface area contributed by atoms with Gasteiger partial charge < -0.3 is 10.2 Å². The van der Waals surface area contributed by atoms with E-state index < -0.39 is 4.87 Å². The molecule has 1 fully saturated rings. The number of fused-ring (bicyclic) bond motifs is 3. The fourth-order valence-electron chi connectivity index (χ4n) is 5.99. The van der Waals surface area contributed by atoms with E-state index in [4.69, 9.17) is 0 Å². The second kappa shape index (κ2) is 5.32. The van der Waals surface area contributed by atoms with Gasteiger partial charge >= 0.3 is 0 Å². The zero-order valence-corrected chi connectivity index (χ0v) is 16.4. The van der Waals surface area contributed by atoms with Crippen LogP contribution in [0, 0.1) is 0 Å². The van der Waals surface area contributed by atoms with Crippen molar-refractivity contribution >= 4 is 29.0 Å². The van der Waals surface area contributed by atoms with Crippen LogP contribution in [0.3, 0.4) is 0 Å². The SMILES string of the molecule is C[C@H]1CC2(CCCCC2)N2C(=O)[C@]3(Nc4ccccc4S3)c3cccc1c32. The van der Waals surface area contributed by atoms with Crippen LogP contribution < -0.4 is 10.2 Å². The smallest absolute Gasteiger partial charge is 0.268 e. The van der Waals surface area contributed by atoms with Crippen LogP contribution in [0.1, 0.15) is 62.5 Å². The van der Waals surface area contributed by atoms with Gasteiger partial charge in [0.15, 0.2) is 4.87 Å². The second-order valence-electron chi connectivity index (χ2n) is 8.68. The van der Waals surface area contributed by atoms with E-state index in [-0.39, 0.29) is 11.4 Å². The molecule has 4 heteroatoms. The third kappa shape index (κ3) is 1.92. The van der Waals surface area contributed by atoms with Crippen LogP contribution in [-0.4, -0.2) is 11.4 Å². The van der Waals surface area contributed by atoms with Crippen LogP contribution in [0.4, 0.5) is 11.4 Å². The molecule has 2 atom stereocenters. The molecule has 1 amide bonds. The number of anilines is 2. The molecule has 4 aliphatic rings. The largest absolute Gasteiger partial charge is 0.358 e. The molecule has 0 saturated heterocycles. The summed E-state index contributed by atoms with van der Waals surface area (Å²) in [6.07, 6.45) is 7.16.